The monoisotopic (exact) mass is 310 g/mol. The molecule has 2 aromatic rings. The first kappa shape index (κ1) is 14.6. The Bertz CT molecular complexity index is 755. The van der Waals surface area contributed by atoms with Crippen molar-refractivity contribution in [1.29, 1.82) is 0 Å². The topological polar surface area (TPSA) is 151 Å². The SMILES string of the molecule is O=C(O)CCC1OC(n2cnc3c(=O)[nH]cnc32)C(O)C1O. The van der Waals surface area contributed by atoms with Crippen molar-refractivity contribution in [2.45, 2.75) is 37.4 Å². The zero-order chi connectivity index (χ0) is 15.9. The number of aliphatic hydroxyl groups is 2. The van der Waals surface area contributed by atoms with Gasteiger partial charge in [-0.15, -0.1) is 0 Å². The number of aliphatic carboxylic acids is 1. The molecule has 10 heteroatoms. The number of rotatable bonds is 4. The van der Waals surface area contributed by atoms with E-state index >= 15 is 0 Å². The van der Waals surface area contributed by atoms with Crippen LogP contribution in [0.4, 0.5) is 0 Å². The third-order valence-corrected chi connectivity index (χ3v) is 3.62. The standard InChI is InChI=1S/C12H14N4O6/c17-6(18)2-1-5-8(19)9(20)12(22-5)16-4-15-7-10(16)13-3-14-11(7)21/h3-5,8-9,12,19-20H,1-2H2,(H,17,18)(H,13,14,21). The van der Waals surface area contributed by atoms with Crippen LogP contribution in [0.15, 0.2) is 17.4 Å². The second kappa shape index (κ2) is 5.48. The molecule has 0 saturated carbocycles. The summed E-state index contributed by atoms with van der Waals surface area (Å²) in [5.41, 5.74) is -0.139. The molecule has 1 aliphatic rings. The Hall–Kier alpha value is -2.30. The molecule has 22 heavy (non-hydrogen) atoms. The highest BCUT2D eigenvalue weighted by Crippen LogP contribution is 2.32. The van der Waals surface area contributed by atoms with Gasteiger partial charge in [-0.25, -0.2) is 9.97 Å². The van der Waals surface area contributed by atoms with Crippen molar-refractivity contribution in [3.05, 3.63) is 23.0 Å². The van der Waals surface area contributed by atoms with Gasteiger partial charge in [0, 0.05) is 6.42 Å². The Labute approximate surface area is 123 Å². The lowest BCUT2D eigenvalue weighted by molar-refractivity contribution is -0.138. The molecule has 3 heterocycles. The Kier molecular flexibility index (Phi) is 3.64. The number of aromatic amines is 1. The maximum absolute atomic E-state index is 11.6. The summed E-state index contributed by atoms with van der Waals surface area (Å²) in [4.78, 5) is 32.5. The van der Waals surface area contributed by atoms with E-state index in [1.165, 1.54) is 17.2 Å². The van der Waals surface area contributed by atoms with Gasteiger partial charge in [-0.1, -0.05) is 0 Å². The molecule has 0 amide bonds. The van der Waals surface area contributed by atoms with Gasteiger partial charge in [0.2, 0.25) is 0 Å². The number of fused-ring (bicyclic) bond motifs is 1. The molecule has 4 atom stereocenters. The number of carbonyl (C=O) groups is 1. The molecule has 1 saturated heterocycles. The number of nitrogens with zero attached hydrogens (tertiary/aromatic N) is 3. The van der Waals surface area contributed by atoms with E-state index in [2.05, 4.69) is 15.0 Å². The number of hydrogen-bond donors (Lipinski definition) is 4. The van der Waals surface area contributed by atoms with Crippen LogP contribution in [0.1, 0.15) is 19.1 Å². The Balaban J connectivity index is 1.89. The first-order valence-corrected chi connectivity index (χ1v) is 6.62. The van der Waals surface area contributed by atoms with E-state index in [1.807, 2.05) is 0 Å². The number of ether oxygens (including phenoxy) is 1. The minimum Gasteiger partial charge on any atom is -0.481 e. The van der Waals surface area contributed by atoms with E-state index in [9.17, 15) is 19.8 Å². The zero-order valence-corrected chi connectivity index (χ0v) is 11.3. The van der Waals surface area contributed by atoms with Crippen molar-refractivity contribution in [3.63, 3.8) is 0 Å². The largest absolute Gasteiger partial charge is 0.481 e. The molecule has 4 N–H and O–H groups in total. The number of imidazole rings is 1. The summed E-state index contributed by atoms with van der Waals surface area (Å²) in [5, 5.41) is 28.8. The van der Waals surface area contributed by atoms with E-state index in [-0.39, 0.29) is 24.0 Å². The van der Waals surface area contributed by atoms with Crippen LogP contribution in [0, 0.1) is 0 Å². The van der Waals surface area contributed by atoms with Crippen LogP contribution < -0.4 is 5.56 Å². The van der Waals surface area contributed by atoms with Gasteiger partial charge >= 0.3 is 5.97 Å². The van der Waals surface area contributed by atoms with Crippen LogP contribution in [0.25, 0.3) is 11.2 Å². The van der Waals surface area contributed by atoms with E-state index in [1.54, 1.807) is 0 Å². The van der Waals surface area contributed by atoms with Crippen molar-refractivity contribution in [2.24, 2.45) is 0 Å². The molecule has 1 fully saturated rings. The number of aliphatic hydroxyl groups excluding tert-OH is 2. The lowest BCUT2D eigenvalue weighted by atomic mass is 10.1. The number of carboxylic acid groups (broad SMARTS) is 1. The third kappa shape index (κ3) is 2.36. The number of H-pyrrole nitrogens is 1. The molecule has 0 aliphatic carbocycles. The summed E-state index contributed by atoms with van der Waals surface area (Å²) < 4.78 is 6.88. The van der Waals surface area contributed by atoms with Crippen LogP contribution in [-0.4, -0.2) is 59.1 Å². The summed E-state index contributed by atoms with van der Waals surface area (Å²) in [7, 11) is 0. The summed E-state index contributed by atoms with van der Waals surface area (Å²) in [6.07, 6.45) is -1.98. The second-order valence-electron chi connectivity index (χ2n) is 5.03. The zero-order valence-electron chi connectivity index (χ0n) is 11.3. The molecule has 1 aliphatic heterocycles. The highest BCUT2D eigenvalue weighted by atomic mass is 16.6. The molecule has 0 radical (unpaired) electrons. The number of nitrogens with one attached hydrogen (secondary N) is 1. The first-order valence-electron chi connectivity index (χ1n) is 6.62. The lowest BCUT2D eigenvalue weighted by Crippen LogP contribution is -2.31. The molecule has 0 aromatic carbocycles. The van der Waals surface area contributed by atoms with E-state index in [0.29, 0.717) is 0 Å². The van der Waals surface area contributed by atoms with Crippen LogP contribution in [0.2, 0.25) is 0 Å². The van der Waals surface area contributed by atoms with Gasteiger partial charge in [0.1, 0.15) is 12.2 Å². The lowest BCUT2D eigenvalue weighted by Gasteiger charge is -2.16. The van der Waals surface area contributed by atoms with Crippen LogP contribution in [-0.2, 0) is 9.53 Å². The van der Waals surface area contributed by atoms with Gasteiger partial charge in [0.05, 0.1) is 18.8 Å². The maximum Gasteiger partial charge on any atom is 0.303 e. The maximum atomic E-state index is 11.6. The Morgan fingerprint density at radius 3 is 2.86 bits per heavy atom. The molecular weight excluding hydrogens is 296 g/mol. The molecule has 2 aromatic heterocycles. The quantitative estimate of drug-likeness (QED) is 0.538. The van der Waals surface area contributed by atoms with Crippen LogP contribution >= 0.6 is 0 Å². The number of hydrogen-bond acceptors (Lipinski definition) is 7. The van der Waals surface area contributed by atoms with Crippen molar-refractivity contribution >= 4 is 17.1 Å². The van der Waals surface area contributed by atoms with Crippen molar-refractivity contribution in [3.8, 4) is 0 Å². The van der Waals surface area contributed by atoms with E-state index in [4.69, 9.17) is 9.84 Å². The highest BCUT2D eigenvalue weighted by Gasteiger charge is 2.44. The summed E-state index contributed by atoms with van der Waals surface area (Å²) in [6.45, 7) is 0. The van der Waals surface area contributed by atoms with Gasteiger partial charge in [0.15, 0.2) is 17.4 Å². The molecule has 3 rings (SSSR count). The predicted octanol–water partition coefficient (Wildman–Crippen LogP) is -1.40. The summed E-state index contributed by atoms with van der Waals surface area (Å²) in [5.74, 6) is -1.02. The molecule has 0 spiro atoms. The van der Waals surface area contributed by atoms with Gasteiger partial charge in [-0.05, 0) is 6.42 Å². The molecular formula is C12H14N4O6. The van der Waals surface area contributed by atoms with Gasteiger partial charge < -0.3 is 25.0 Å². The fraction of sp³-hybridized carbons (Fsp3) is 0.500. The molecule has 0 bridgehead atoms. The van der Waals surface area contributed by atoms with Gasteiger partial charge in [-0.3, -0.25) is 14.2 Å². The Morgan fingerprint density at radius 1 is 1.36 bits per heavy atom. The fourth-order valence-corrected chi connectivity index (χ4v) is 2.51. The second-order valence-corrected chi connectivity index (χ2v) is 5.03. The predicted molar refractivity (Wildman–Crippen MR) is 70.9 cm³/mol. The smallest absolute Gasteiger partial charge is 0.303 e. The fourth-order valence-electron chi connectivity index (χ4n) is 2.51. The number of aromatic nitrogens is 4. The van der Waals surface area contributed by atoms with Crippen molar-refractivity contribution in [2.75, 3.05) is 0 Å². The van der Waals surface area contributed by atoms with Gasteiger partial charge in [-0.2, -0.15) is 0 Å². The number of carboxylic acids is 1. The Morgan fingerprint density at radius 2 is 2.14 bits per heavy atom. The van der Waals surface area contributed by atoms with E-state index < -0.39 is 36.1 Å². The average molecular weight is 310 g/mol. The van der Waals surface area contributed by atoms with Crippen molar-refractivity contribution in [1.82, 2.24) is 19.5 Å². The van der Waals surface area contributed by atoms with Gasteiger partial charge in [0.25, 0.3) is 5.56 Å². The minimum atomic E-state index is -1.28. The normalized spacial score (nSPS) is 28.3. The molecule has 4 unspecified atom stereocenters. The average Bonchev–Trinajstić information content (AvgIpc) is 3.01. The summed E-state index contributed by atoms with van der Waals surface area (Å²) >= 11 is 0. The summed E-state index contributed by atoms with van der Waals surface area (Å²) in [6, 6.07) is 0. The first-order chi connectivity index (χ1) is 10.5. The third-order valence-electron chi connectivity index (χ3n) is 3.62. The van der Waals surface area contributed by atoms with Crippen LogP contribution in [0.5, 0.6) is 0 Å². The van der Waals surface area contributed by atoms with Crippen molar-refractivity contribution < 1.29 is 24.9 Å². The molecule has 118 valence electrons. The van der Waals surface area contributed by atoms with Crippen LogP contribution in [0.3, 0.4) is 0 Å². The highest BCUT2D eigenvalue weighted by molar-refractivity contribution is 5.69. The minimum absolute atomic E-state index is 0.0602. The molecule has 10 nitrogen and oxygen atoms in total. The van der Waals surface area contributed by atoms with E-state index in [0.717, 1.165) is 0 Å².